The highest BCUT2D eigenvalue weighted by Crippen LogP contribution is 2.00. The maximum atomic E-state index is 8.29. The Labute approximate surface area is 66.3 Å². The van der Waals surface area contributed by atoms with Gasteiger partial charge < -0.3 is 4.57 Å². The van der Waals surface area contributed by atoms with Crippen LogP contribution in [0.15, 0.2) is 12.4 Å². The predicted molar refractivity (Wildman–Crippen MR) is 41.8 cm³/mol. The average molecular weight is 149 g/mol. The van der Waals surface area contributed by atoms with E-state index < -0.39 is 0 Å². The fourth-order valence-electron chi connectivity index (χ4n) is 0.963. The van der Waals surface area contributed by atoms with Crippen LogP contribution >= 0.6 is 0 Å². The second kappa shape index (κ2) is 3.77. The van der Waals surface area contributed by atoms with E-state index in [-0.39, 0.29) is 0 Å². The van der Waals surface area contributed by atoms with Gasteiger partial charge in [-0.05, 0) is 6.42 Å². The maximum Gasteiger partial charge on any atom is 0.108 e. The van der Waals surface area contributed by atoms with Crippen LogP contribution in [0, 0.1) is 11.3 Å². The minimum absolute atomic E-state index is 0.618. The number of hydrogen-bond donors (Lipinski definition) is 0. The second-order valence-electron chi connectivity index (χ2n) is 2.47. The molecule has 58 valence electrons. The van der Waals surface area contributed by atoms with Gasteiger partial charge in [0.2, 0.25) is 0 Å². The second-order valence-corrected chi connectivity index (χ2v) is 2.47. The first-order valence-corrected chi connectivity index (χ1v) is 3.67. The molecule has 0 aromatic carbocycles. The first-order valence-electron chi connectivity index (χ1n) is 3.67. The summed E-state index contributed by atoms with van der Waals surface area (Å²) in [6.07, 6.45) is 6.12. The molecule has 0 aliphatic carbocycles. The van der Waals surface area contributed by atoms with Crippen molar-refractivity contribution in [1.29, 1.82) is 5.26 Å². The van der Waals surface area contributed by atoms with Crippen LogP contribution < -0.4 is 0 Å². The molecule has 0 aliphatic rings. The molecule has 0 amide bonds. The Kier molecular flexibility index (Phi) is 2.67. The lowest BCUT2D eigenvalue weighted by Gasteiger charge is -1.97. The number of unbranched alkanes of at least 4 members (excludes halogenated alkanes) is 1. The average Bonchev–Trinajstić information content (AvgIpc) is 2.37. The lowest BCUT2D eigenvalue weighted by molar-refractivity contribution is 0.735. The molecular weight excluding hydrogens is 138 g/mol. The zero-order valence-corrected chi connectivity index (χ0v) is 6.62. The van der Waals surface area contributed by atoms with Gasteiger partial charge >= 0.3 is 0 Å². The Morgan fingerprint density at radius 2 is 2.55 bits per heavy atom. The van der Waals surface area contributed by atoms with Crippen molar-refractivity contribution < 1.29 is 0 Å². The Morgan fingerprint density at radius 3 is 3.09 bits per heavy atom. The van der Waals surface area contributed by atoms with Crippen molar-refractivity contribution in [2.24, 2.45) is 7.05 Å². The molecule has 1 rings (SSSR count). The molecule has 0 spiro atoms. The summed E-state index contributed by atoms with van der Waals surface area (Å²) in [5.74, 6) is 1.06. The van der Waals surface area contributed by atoms with Crippen LogP contribution in [0.3, 0.4) is 0 Å². The summed E-state index contributed by atoms with van der Waals surface area (Å²) in [7, 11) is 1.97. The van der Waals surface area contributed by atoms with E-state index in [9.17, 15) is 0 Å². The maximum absolute atomic E-state index is 8.29. The Morgan fingerprint density at radius 1 is 1.73 bits per heavy atom. The van der Waals surface area contributed by atoms with E-state index in [4.69, 9.17) is 5.26 Å². The highest BCUT2D eigenvalue weighted by molar-refractivity contribution is 4.91. The third kappa shape index (κ3) is 2.08. The Balaban J connectivity index is 2.40. The van der Waals surface area contributed by atoms with Crippen LogP contribution in [-0.2, 0) is 13.5 Å². The van der Waals surface area contributed by atoms with Crippen LogP contribution in [-0.4, -0.2) is 9.55 Å². The number of rotatable bonds is 3. The molecule has 0 bridgehead atoms. The number of nitrogens with zero attached hydrogens (tertiary/aromatic N) is 3. The van der Waals surface area contributed by atoms with E-state index in [0.29, 0.717) is 6.42 Å². The molecule has 0 saturated heterocycles. The molecule has 3 nitrogen and oxygen atoms in total. The molecule has 0 atom stereocenters. The van der Waals surface area contributed by atoms with Gasteiger partial charge in [-0.25, -0.2) is 4.98 Å². The molecule has 11 heavy (non-hydrogen) atoms. The highest BCUT2D eigenvalue weighted by Gasteiger charge is 1.96. The van der Waals surface area contributed by atoms with Gasteiger partial charge in [0.15, 0.2) is 0 Å². The number of imidazole rings is 1. The lowest BCUT2D eigenvalue weighted by Crippen LogP contribution is -1.96. The summed E-state index contributed by atoms with van der Waals surface area (Å²) >= 11 is 0. The van der Waals surface area contributed by atoms with Crippen LogP contribution in [0.2, 0.25) is 0 Å². The van der Waals surface area contributed by atoms with Crippen molar-refractivity contribution in [2.75, 3.05) is 0 Å². The van der Waals surface area contributed by atoms with Crippen LogP contribution in [0.4, 0.5) is 0 Å². The summed E-state index contributed by atoms with van der Waals surface area (Å²) in [5, 5.41) is 8.29. The normalized spacial score (nSPS) is 9.45. The molecular formula is C8H11N3. The minimum atomic E-state index is 0.618. The summed E-state index contributed by atoms with van der Waals surface area (Å²) in [6, 6.07) is 2.11. The van der Waals surface area contributed by atoms with Crippen molar-refractivity contribution in [3.63, 3.8) is 0 Å². The molecule has 0 unspecified atom stereocenters. The van der Waals surface area contributed by atoms with Gasteiger partial charge in [-0.1, -0.05) is 0 Å². The van der Waals surface area contributed by atoms with E-state index >= 15 is 0 Å². The first-order chi connectivity index (χ1) is 5.34. The monoisotopic (exact) mass is 149 g/mol. The van der Waals surface area contributed by atoms with Crippen LogP contribution in [0.5, 0.6) is 0 Å². The van der Waals surface area contributed by atoms with Crippen LogP contribution in [0.25, 0.3) is 0 Å². The Bertz CT molecular complexity index is 257. The van der Waals surface area contributed by atoms with E-state index in [0.717, 1.165) is 18.7 Å². The summed E-state index contributed by atoms with van der Waals surface area (Å²) in [6.45, 7) is 0. The van der Waals surface area contributed by atoms with Gasteiger partial charge in [0, 0.05) is 32.3 Å². The number of nitriles is 1. The largest absolute Gasteiger partial charge is 0.338 e. The van der Waals surface area contributed by atoms with Crippen molar-refractivity contribution in [1.82, 2.24) is 9.55 Å². The predicted octanol–water partition coefficient (Wildman–Crippen LogP) is 1.27. The zero-order chi connectivity index (χ0) is 8.10. The number of aromatic nitrogens is 2. The fourth-order valence-corrected chi connectivity index (χ4v) is 0.963. The van der Waals surface area contributed by atoms with E-state index in [1.54, 1.807) is 6.20 Å². The molecule has 1 heterocycles. The fraction of sp³-hybridized carbons (Fsp3) is 0.500. The molecule has 3 heteroatoms. The van der Waals surface area contributed by atoms with Crippen molar-refractivity contribution >= 4 is 0 Å². The summed E-state index contributed by atoms with van der Waals surface area (Å²) in [4.78, 5) is 4.14. The minimum Gasteiger partial charge on any atom is -0.338 e. The quantitative estimate of drug-likeness (QED) is 0.607. The summed E-state index contributed by atoms with van der Waals surface area (Å²) < 4.78 is 1.98. The van der Waals surface area contributed by atoms with Gasteiger partial charge in [0.25, 0.3) is 0 Å². The van der Waals surface area contributed by atoms with Gasteiger partial charge in [0.1, 0.15) is 5.82 Å². The number of aryl methyl sites for hydroxylation is 2. The lowest BCUT2D eigenvalue weighted by atomic mass is 10.2. The molecule has 1 aromatic heterocycles. The molecule has 1 aromatic rings. The third-order valence-corrected chi connectivity index (χ3v) is 1.61. The first kappa shape index (κ1) is 7.80. The van der Waals surface area contributed by atoms with Gasteiger partial charge in [0.05, 0.1) is 6.07 Å². The van der Waals surface area contributed by atoms with Gasteiger partial charge in [-0.3, -0.25) is 0 Å². The Hall–Kier alpha value is -1.30. The van der Waals surface area contributed by atoms with E-state index in [1.807, 2.05) is 17.8 Å². The van der Waals surface area contributed by atoms with Gasteiger partial charge in [-0.2, -0.15) is 5.26 Å². The molecule has 0 N–H and O–H groups in total. The van der Waals surface area contributed by atoms with Crippen LogP contribution in [0.1, 0.15) is 18.7 Å². The van der Waals surface area contributed by atoms with E-state index in [1.165, 1.54) is 0 Å². The molecule has 0 fully saturated rings. The topological polar surface area (TPSA) is 41.6 Å². The number of hydrogen-bond acceptors (Lipinski definition) is 2. The highest BCUT2D eigenvalue weighted by atomic mass is 15.0. The molecule has 0 saturated carbocycles. The van der Waals surface area contributed by atoms with Gasteiger partial charge in [-0.15, -0.1) is 0 Å². The van der Waals surface area contributed by atoms with E-state index in [2.05, 4.69) is 11.1 Å². The van der Waals surface area contributed by atoms with Crippen molar-refractivity contribution in [3.8, 4) is 6.07 Å². The van der Waals surface area contributed by atoms with Crippen molar-refractivity contribution in [2.45, 2.75) is 19.3 Å². The molecule has 0 radical (unpaired) electrons. The van der Waals surface area contributed by atoms with Crippen molar-refractivity contribution in [3.05, 3.63) is 18.2 Å². The smallest absolute Gasteiger partial charge is 0.108 e. The standard InChI is InChI=1S/C8H11N3/c1-11-7-6-10-8(11)4-2-3-5-9/h6-7H,2-4H2,1H3. The third-order valence-electron chi connectivity index (χ3n) is 1.61. The molecule has 0 aliphatic heterocycles. The SMILES string of the molecule is Cn1ccnc1CCCC#N. The summed E-state index contributed by atoms with van der Waals surface area (Å²) in [5.41, 5.74) is 0. The zero-order valence-electron chi connectivity index (χ0n) is 6.62.